The molecule has 2 unspecified atom stereocenters. The lowest BCUT2D eigenvalue weighted by atomic mass is 10.1. The quantitative estimate of drug-likeness (QED) is 0.874. The number of carbonyl (C=O) groups excluding carboxylic acids is 1. The summed E-state index contributed by atoms with van der Waals surface area (Å²) < 4.78 is 6.47. The molecule has 4 nitrogen and oxygen atoms in total. The zero-order valence-corrected chi connectivity index (χ0v) is 11.7. The van der Waals surface area contributed by atoms with Crippen LogP contribution in [0.4, 0.5) is 0 Å². The Kier molecular flexibility index (Phi) is 4.96. The van der Waals surface area contributed by atoms with Crippen LogP contribution in [0.15, 0.2) is 22.7 Å². The standard InChI is InChI=1S/C12H17BrN2O2/c1-7(15-3)10-5-4-9(13)6-11(10)17-8(2)12(14)16/h4-8,15H,1-3H3,(H2,14,16). The fraction of sp³-hybridized carbons (Fsp3) is 0.417. The average molecular weight is 301 g/mol. The fourth-order valence-corrected chi connectivity index (χ4v) is 1.71. The van der Waals surface area contributed by atoms with Gasteiger partial charge in [-0.05, 0) is 33.0 Å². The van der Waals surface area contributed by atoms with Gasteiger partial charge in [0.2, 0.25) is 0 Å². The molecule has 1 amide bonds. The van der Waals surface area contributed by atoms with Crippen LogP contribution in [0.5, 0.6) is 5.75 Å². The first-order valence-electron chi connectivity index (χ1n) is 5.38. The van der Waals surface area contributed by atoms with Crippen LogP contribution >= 0.6 is 15.9 Å². The summed E-state index contributed by atoms with van der Waals surface area (Å²) in [5, 5.41) is 3.13. The van der Waals surface area contributed by atoms with E-state index in [9.17, 15) is 4.79 Å². The topological polar surface area (TPSA) is 64.3 Å². The van der Waals surface area contributed by atoms with Crippen molar-refractivity contribution in [1.82, 2.24) is 5.32 Å². The highest BCUT2D eigenvalue weighted by atomic mass is 79.9. The SMILES string of the molecule is CNC(C)c1ccc(Br)cc1OC(C)C(N)=O. The van der Waals surface area contributed by atoms with Crippen molar-refractivity contribution in [2.24, 2.45) is 5.73 Å². The third kappa shape index (κ3) is 3.71. The third-order valence-corrected chi connectivity index (χ3v) is 3.07. The predicted molar refractivity (Wildman–Crippen MR) is 70.9 cm³/mol. The molecule has 0 aromatic heterocycles. The smallest absolute Gasteiger partial charge is 0.258 e. The largest absolute Gasteiger partial charge is 0.481 e. The number of rotatable bonds is 5. The first kappa shape index (κ1) is 14.0. The first-order chi connectivity index (χ1) is 7.95. The lowest BCUT2D eigenvalue weighted by Gasteiger charge is -2.19. The molecule has 0 radical (unpaired) electrons. The number of nitrogens with one attached hydrogen (secondary N) is 1. The Morgan fingerprint density at radius 1 is 1.47 bits per heavy atom. The van der Waals surface area contributed by atoms with Crippen LogP contribution in [0.2, 0.25) is 0 Å². The Morgan fingerprint density at radius 3 is 2.65 bits per heavy atom. The molecule has 0 bridgehead atoms. The van der Waals surface area contributed by atoms with Crippen molar-refractivity contribution in [3.8, 4) is 5.75 Å². The lowest BCUT2D eigenvalue weighted by molar-refractivity contribution is -0.124. The van der Waals surface area contributed by atoms with Gasteiger partial charge < -0.3 is 15.8 Å². The van der Waals surface area contributed by atoms with Gasteiger partial charge in [0, 0.05) is 16.1 Å². The highest BCUT2D eigenvalue weighted by Crippen LogP contribution is 2.29. The number of halogens is 1. The van der Waals surface area contributed by atoms with Crippen molar-refractivity contribution in [3.05, 3.63) is 28.2 Å². The molecule has 5 heteroatoms. The molecular formula is C12H17BrN2O2. The minimum absolute atomic E-state index is 0.137. The van der Waals surface area contributed by atoms with Crippen LogP contribution in [-0.4, -0.2) is 19.1 Å². The maximum atomic E-state index is 11.0. The monoisotopic (exact) mass is 300 g/mol. The number of amides is 1. The number of benzene rings is 1. The Bertz CT molecular complexity index is 409. The minimum atomic E-state index is -0.646. The van der Waals surface area contributed by atoms with Gasteiger partial charge in [-0.15, -0.1) is 0 Å². The molecule has 0 aliphatic heterocycles. The number of carbonyl (C=O) groups is 1. The van der Waals surface area contributed by atoms with Gasteiger partial charge in [0.05, 0.1) is 0 Å². The first-order valence-corrected chi connectivity index (χ1v) is 6.17. The molecule has 2 atom stereocenters. The van der Waals surface area contributed by atoms with Gasteiger partial charge in [-0.2, -0.15) is 0 Å². The molecule has 0 saturated heterocycles. The maximum Gasteiger partial charge on any atom is 0.258 e. The van der Waals surface area contributed by atoms with Crippen LogP contribution in [0.1, 0.15) is 25.5 Å². The normalized spacial score (nSPS) is 14.1. The summed E-state index contributed by atoms with van der Waals surface area (Å²) in [4.78, 5) is 11.0. The summed E-state index contributed by atoms with van der Waals surface area (Å²) in [6, 6.07) is 5.86. The third-order valence-electron chi connectivity index (χ3n) is 2.58. The Balaban J connectivity index is 3.02. The second-order valence-electron chi connectivity index (χ2n) is 3.85. The van der Waals surface area contributed by atoms with Crippen LogP contribution in [0.3, 0.4) is 0 Å². The highest BCUT2D eigenvalue weighted by molar-refractivity contribution is 9.10. The van der Waals surface area contributed by atoms with E-state index in [1.54, 1.807) is 6.92 Å². The van der Waals surface area contributed by atoms with Gasteiger partial charge >= 0.3 is 0 Å². The van der Waals surface area contributed by atoms with E-state index in [0.717, 1.165) is 10.0 Å². The van der Waals surface area contributed by atoms with Crippen molar-refractivity contribution in [2.75, 3.05) is 7.05 Å². The van der Waals surface area contributed by atoms with Crippen molar-refractivity contribution in [3.63, 3.8) is 0 Å². The second-order valence-corrected chi connectivity index (χ2v) is 4.77. The minimum Gasteiger partial charge on any atom is -0.481 e. The van der Waals surface area contributed by atoms with Gasteiger partial charge in [-0.3, -0.25) is 4.79 Å². The highest BCUT2D eigenvalue weighted by Gasteiger charge is 2.16. The molecule has 0 aliphatic rings. The molecule has 0 heterocycles. The summed E-state index contributed by atoms with van der Waals surface area (Å²) in [6.45, 7) is 3.65. The van der Waals surface area contributed by atoms with Gasteiger partial charge in [0.25, 0.3) is 5.91 Å². The summed E-state index contributed by atoms with van der Waals surface area (Å²) >= 11 is 3.38. The van der Waals surface area contributed by atoms with Gasteiger partial charge in [-0.1, -0.05) is 22.0 Å². The van der Waals surface area contributed by atoms with Gasteiger partial charge in [-0.25, -0.2) is 0 Å². The molecule has 1 rings (SSSR count). The summed E-state index contributed by atoms with van der Waals surface area (Å²) in [5.41, 5.74) is 6.18. The number of hydrogen-bond donors (Lipinski definition) is 2. The predicted octanol–water partition coefficient (Wildman–Crippen LogP) is 1.98. The van der Waals surface area contributed by atoms with E-state index in [1.165, 1.54) is 0 Å². The zero-order chi connectivity index (χ0) is 13.0. The van der Waals surface area contributed by atoms with E-state index in [0.29, 0.717) is 5.75 Å². The van der Waals surface area contributed by atoms with E-state index in [4.69, 9.17) is 10.5 Å². The Labute approximate surface area is 110 Å². The molecule has 94 valence electrons. The Morgan fingerprint density at radius 2 is 2.12 bits per heavy atom. The second kappa shape index (κ2) is 6.02. The van der Waals surface area contributed by atoms with Crippen LogP contribution in [-0.2, 0) is 4.79 Å². The maximum absolute atomic E-state index is 11.0. The van der Waals surface area contributed by atoms with Crippen molar-refractivity contribution >= 4 is 21.8 Å². The van der Waals surface area contributed by atoms with E-state index >= 15 is 0 Å². The average Bonchev–Trinajstić information content (AvgIpc) is 2.28. The van der Waals surface area contributed by atoms with E-state index in [-0.39, 0.29) is 6.04 Å². The number of ether oxygens (including phenoxy) is 1. The molecule has 3 N–H and O–H groups in total. The van der Waals surface area contributed by atoms with Crippen LogP contribution < -0.4 is 15.8 Å². The lowest BCUT2D eigenvalue weighted by Crippen LogP contribution is -2.31. The van der Waals surface area contributed by atoms with E-state index in [1.807, 2.05) is 32.2 Å². The molecule has 0 fully saturated rings. The summed E-state index contributed by atoms with van der Waals surface area (Å²) in [7, 11) is 1.87. The fourth-order valence-electron chi connectivity index (χ4n) is 1.37. The molecule has 0 saturated carbocycles. The molecule has 1 aromatic rings. The molecule has 0 aliphatic carbocycles. The molecule has 1 aromatic carbocycles. The number of nitrogens with two attached hydrogens (primary N) is 1. The van der Waals surface area contributed by atoms with Crippen molar-refractivity contribution in [2.45, 2.75) is 26.0 Å². The molecular weight excluding hydrogens is 284 g/mol. The Hall–Kier alpha value is -1.07. The zero-order valence-electron chi connectivity index (χ0n) is 10.2. The number of hydrogen-bond acceptors (Lipinski definition) is 3. The van der Waals surface area contributed by atoms with E-state index in [2.05, 4.69) is 21.2 Å². The number of primary amides is 1. The van der Waals surface area contributed by atoms with Crippen LogP contribution in [0, 0.1) is 0 Å². The van der Waals surface area contributed by atoms with Crippen molar-refractivity contribution in [1.29, 1.82) is 0 Å². The van der Waals surface area contributed by atoms with Gasteiger partial charge in [0.15, 0.2) is 6.10 Å². The van der Waals surface area contributed by atoms with Gasteiger partial charge in [0.1, 0.15) is 5.75 Å². The van der Waals surface area contributed by atoms with E-state index < -0.39 is 12.0 Å². The summed E-state index contributed by atoms with van der Waals surface area (Å²) in [6.07, 6.45) is -0.646. The molecule has 17 heavy (non-hydrogen) atoms. The molecule has 0 spiro atoms. The van der Waals surface area contributed by atoms with Crippen LogP contribution in [0.25, 0.3) is 0 Å². The van der Waals surface area contributed by atoms with Crippen molar-refractivity contribution < 1.29 is 9.53 Å². The summed E-state index contributed by atoms with van der Waals surface area (Å²) in [5.74, 6) is 0.181.